The highest BCUT2D eigenvalue weighted by Crippen LogP contribution is 2.28. The second-order valence-electron chi connectivity index (χ2n) is 5.31. The number of methoxy groups -OCH3 is 2. The van der Waals surface area contributed by atoms with Crippen molar-refractivity contribution in [2.24, 2.45) is 0 Å². The van der Waals surface area contributed by atoms with Crippen molar-refractivity contribution in [3.63, 3.8) is 0 Å². The van der Waals surface area contributed by atoms with Gasteiger partial charge in [0.15, 0.2) is 11.5 Å². The normalized spacial score (nSPS) is 10.8. The fourth-order valence-electron chi connectivity index (χ4n) is 2.19. The summed E-state index contributed by atoms with van der Waals surface area (Å²) in [5.41, 5.74) is 1.45. The number of carbonyl (C=O) groups excluding carboxylic acids is 2. The van der Waals surface area contributed by atoms with Gasteiger partial charge in [-0.3, -0.25) is 9.59 Å². The van der Waals surface area contributed by atoms with E-state index in [1.165, 1.54) is 14.0 Å². The lowest BCUT2D eigenvalue weighted by Crippen LogP contribution is -2.28. The molecule has 0 unspecified atom stereocenters. The third-order valence-corrected chi connectivity index (χ3v) is 4.10. The fraction of sp³-hybridized carbons (Fsp3) is 0.158. The van der Waals surface area contributed by atoms with Crippen LogP contribution in [0.4, 0.5) is 5.69 Å². The number of ether oxygens (including phenoxy) is 2. The van der Waals surface area contributed by atoms with E-state index < -0.39 is 5.91 Å². The average Bonchev–Trinajstić information content (AvgIpc) is 2.62. The summed E-state index contributed by atoms with van der Waals surface area (Å²) in [6.07, 6.45) is 1.57. The molecule has 7 heteroatoms. The highest BCUT2D eigenvalue weighted by atomic mass is 127. The van der Waals surface area contributed by atoms with E-state index in [1.54, 1.807) is 43.5 Å². The second-order valence-corrected chi connectivity index (χ2v) is 6.56. The molecule has 2 N–H and O–H groups in total. The van der Waals surface area contributed by atoms with Crippen molar-refractivity contribution >= 4 is 46.2 Å². The van der Waals surface area contributed by atoms with Gasteiger partial charge in [-0.2, -0.15) is 0 Å². The summed E-state index contributed by atoms with van der Waals surface area (Å²) in [6.45, 7) is 1.35. The molecule has 0 saturated carbocycles. The Bertz CT molecular complexity index is 832. The van der Waals surface area contributed by atoms with Crippen LogP contribution >= 0.6 is 22.6 Å². The number of amides is 2. The van der Waals surface area contributed by atoms with Gasteiger partial charge in [0, 0.05) is 16.2 Å². The van der Waals surface area contributed by atoms with E-state index in [0.29, 0.717) is 22.7 Å². The van der Waals surface area contributed by atoms with Crippen molar-refractivity contribution in [2.75, 3.05) is 19.5 Å². The third kappa shape index (κ3) is 5.48. The monoisotopic (exact) mass is 466 g/mol. The zero-order valence-corrected chi connectivity index (χ0v) is 16.8. The maximum Gasteiger partial charge on any atom is 0.272 e. The predicted molar refractivity (Wildman–Crippen MR) is 109 cm³/mol. The Labute approximate surface area is 165 Å². The van der Waals surface area contributed by atoms with Crippen LogP contribution in [0.5, 0.6) is 11.5 Å². The van der Waals surface area contributed by atoms with Crippen molar-refractivity contribution < 1.29 is 19.1 Å². The highest BCUT2D eigenvalue weighted by Gasteiger charge is 2.13. The minimum Gasteiger partial charge on any atom is -0.493 e. The standard InChI is InChI=1S/C19H19IN2O4/c1-12(23)21-16(19(24)22-15-7-5-14(20)6-8-15)10-13-4-9-17(25-2)18(11-13)26-3/h4-11H,1-3H3,(H,21,23)(H,22,24)/b16-10-. The van der Waals surface area contributed by atoms with Crippen LogP contribution in [0.2, 0.25) is 0 Å². The molecule has 0 saturated heterocycles. The predicted octanol–water partition coefficient (Wildman–Crippen LogP) is 3.42. The van der Waals surface area contributed by atoms with Gasteiger partial charge in [-0.15, -0.1) is 0 Å². The van der Waals surface area contributed by atoms with Crippen LogP contribution in [0, 0.1) is 3.57 Å². The van der Waals surface area contributed by atoms with Gasteiger partial charge in [-0.05, 0) is 70.6 Å². The summed E-state index contributed by atoms with van der Waals surface area (Å²) in [4.78, 5) is 24.1. The first kappa shape index (κ1) is 19.8. The summed E-state index contributed by atoms with van der Waals surface area (Å²) in [6, 6.07) is 12.6. The van der Waals surface area contributed by atoms with E-state index in [9.17, 15) is 9.59 Å². The molecule has 0 bridgehead atoms. The lowest BCUT2D eigenvalue weighted by Gasteiger charge is -2.11. The van der Waals surface area contributed by atoms with E-state index in [2.05, 4.69) is 33.2 Å². The molecule has 2 rings (SSSR count). The molecule has 0 radical (unpaired) electrons. The first-order valence-electron chi connectivity index (χ1n) is 7.71. The molecule has 0 fully saturated rings. The van der Waals surface area contributed by atoms with Gasteiger partial charge in [-0.25, -0.2) is 0 Å². The first-order valence-corrected chi connectivity index (χ1v) is 8.79. The SMILES string of the molecule is COc1ccc(/C=C(\NC(C)=O)C(=O)Nc2ccc(I)cc2)cc1OC. The van der Waals surface area contributed by atoms with Gasteiger partial charge >= 0.3 is 0 Å². The van der Waals surface area contributed by atoms with Crippen molar-refractivity contribution in [3.8, 4) is 11.5 Å². The van der Waals surface area contributed by atoms with Crippen LogP contribution in [0.25, 0.3) is 6.08 Å². The van der Waals surface area contributed by atoms with Crippen LogP contribution in [0.1, 0.15) is 12.5 Å². The molecule has 0 aliphatic carbocycles. The molecule has 0 aliphatic heterocycles. The Hall–Kier alpha value is -2.55. The molecule has 2 amide bonds. The minimum atomic E-state index is -0.420. The van der Waals surface area contributed by atoms with Crippen LogP contribution in [-0.4, -0.2) is 26.0 Å². The van der Waals surface area contributed by atoms with Gasteiger partial charge in [-0.1, -0.05) is 6.07 Å². The Kier molecular flexibility index (Phi) is 7.02. The van der Waals surface area contributed by atoms with Gasteiger partial charge in [0.25, 0.3) is 5.91 Å². The second kappa shape index (κ2) is 9.23. The minimum absolute atomic E-state index is 0.128. The Morgan fingerprint density at radius 2 is 1.65 bits per heavy atom. The highest BCUT2D eigenvalue weighted by molar-refractivity contribution is 14.1. The zero-order chi connectivity index (χ0) is 19.1. The van der Waals surface area contributed by atoms with E-state index in [0.717, 1.165) is 3.57 Å². The molecule has 2 aromatic rings. The number of hydrogen-bond donors (Lipinski definition) is 2. The summed E-state index contributed by atoms with van der Waals surface area (Å²) < 4.78 is 11.5. The van der Waals surface area contributed by atoms with Crippen LogP contribution in [0.15, 0.2) is 48.2 Å². The molecule has 0 atom stereocenters. The number of hydrogen-bond acceptors (Lipinski definition) is 4. The van der Waals surface area contributed by atoms with E-state index >= 15 is 0 Å². The third-order valence-electron chi connectivity index (χ3n) is 3.38. The summed E-state index contributed by atoms with van der Waals surface area (Å²) in [5.74, 6) is 0.348. The van der Waals surface area contributed by atoms with Gasteiger partial charge in [0.1, 0.15) is 5.70 Å². The first-order chi connectivity index (χ1) is 12.4. The molecular weight excluding hydrogens is 447 g/mol. The van der Waals surface area contributed by atoms with E-state index in [1.807, 2.05) is 12.1 Å². The maximum absolute atomic E-state index is 12.6. The topological polar surface area (TPSA) is 76.7 Å². The van der Waals surface area contributed by atoms with Crippen molar-refractivity contribution in [1.29, 1.82) is 0 Å². The smallest absolute Gasteiger partial charge is 0.272 e. The number of nitrogens with one attached hydrogen (secondary N) is 2. The number of halogens is 1. The van der Waals surface area contributed by atoms with Crippen molar-refractivity contribution in [1.82, 2.24) is 5.32 Å². The molecule has 0 spiro atoms. The molecule has 136 valence electrons. The number of carbonyl (C=O) groups is 2. The lowest BCUT2D eigenvalue weighted by molar-refractivity contribution is -0.120. The van der Waals surface area contributed by atoms with Gasteiger partial charge < -0.3 is 20.1 Å². The molecule has 2 aromatic carbocycles. The molecule has 0 aromatic heterocycles. The molecule has 0 heterocycles. The van der Waals surface area contributed by atoms with Gasteiger partial charge in [0.2, 0.25) is 5.91 Å². The summed E-state index contributed by atoms with van der Waals surface area (Å²) in [5, 5.41) is 5.33. The van der Waals surface area contributed by atoms with Crippen LogP contribution in [0.3, 0.4) is 0 Å². The molecular formula is C19H19IN2O4. The number of rotatable bonds is 6. The lowest BCUT2D eigenvalue weighted by atomic mass is 10.1. The quantitative estimate of drug-likeness (QED) is 0.506. The summed E-state index contributed by atoms with van der Waals surface area (Å²) in [7, 11) is 3.08. The van der Waals surface area contributed by atoms with E-state index in [4.69, 9.17) is 9.47 Å². The number of benzene rings is 2. The average molecular weight is 466 g/mol. The Morgan fingerprint density at radius 3 is 2.23 bits per heavy atom. The van der Waals surface area contributed by atoms with Crippen molar-refractivity contribution in [2.45, 2.75) is 6.92 Å². The fourth-order valence-corrected chi connectivity index (χ4v) is 2.55. The molecule has 26 heavy (non-hydrogen) atoms. The van der Waals surface area contributed by atoms with Crippen LogP contribution < -0.4 is 20.1 Å². The van der Waals surface area contributed by atoms with Crippen LogP contribution in [-0.2, 0) is 9.59 Å². The molecule has 6 nitrogen and oxygen atoms in total. The van der Waals surface area contributed by atoms with E-state index in [-0.39, 0.29) is 11.6 Å². The van der Waals surface area contributed by atoms with Crippen molar-refractivity contribution in [3.05, 3.63) is 57.3 Å². The largest absolute Gasteiger partial charge is 0.493 e. The Morgan fingerprint density at radius 1 is 1.00 bits per heavy atom. The zero-order valence-electron chi connectivity index (χ0n) is 14.6. The summed E-state index contributed by atoms with van der Waals surface area (Å²) >= 11 is 2.18. The van der Waals surface area contributed by atoms with Gasteiger partial charge in [0.05, 0.1) is 14.2 Å². The Balaban J connectivity index is 2.30. The molecule has 0 aliphatic rings. The number of anilines is 1. The maximum atomic E-state index is 12.6.